The van der Waals surface area contributed by atoms with E-state index in [9.17, 15) is 9.59 Å². The van der Waals surface area contributed by atoms with E-state index < -0.39 is 0 Å². The molecule has 2 unspecified atom stereocenters. The summed E-state index contributed by atoms with van der Waals surface area (Å²) in [5.74, 6) is 0.564. The van der Waals surface area contributed by atoms with E-state index in [0.717, 1.165) is 37.7 Å². The average molecular weight is 511 g/mol. The van der Waals surface area contributed by atoms with Crippen molar-refractivity contribution in [2.24, 2.45) is 5.92 Å². The van der Waals surface area contributed by atoms with Gasteiger partial charge in [-0.05, 0) is 65.8 Å². The molecule has 2 aliphatic heterocycles. The molecular weight excluding hydrogens is 476 g/mol. The monoisotopic (exact) mass is 510 g/mol. The van der Waals surface area contributed by atoms with Crippen molar-refractivity contribution in [3.63, 3.8) is 0 Å². The third-order valence-electron chi connectivity index (χ3n) is 8.41. The fourth-order valence-corrected chi connectivity index (χ4v) is 6.64. The summed E-state index contributed by atoms with van der Waals surface area (Å²) in [6, 6.07) is 27.0. The van der Waals surface area contributed by atoms with E-state index in [1.165, 1.54) is 22.3 Å². The van der Waals surface area contributed by atoms with Gasteiger partial charge >= 0.3 is 12.2 Å². The van der Waals surface area contributed by atoms with E-state index in [0.29, 0.717) is 19.1 Å². The lowest BCUT2D eigenvalue weighted by molar-refractivity contribution is 0.0547. The number of nitrogens with one attached hydrogen (secondary N) is 1. The van der Waals surface area contributed by atoms with Crippen molar-refractivity contribution >= 4 is 12.2 Å². The van der Waals surface area contributed by atoms with Gasteiger partial charge in [-0.3, -0.25) is 0 Å². The number of alkyl carbamates (subject to hydrolysis) is 1. The minimum Gasteiger partial charge on any atom is -0.448 e. The number of piperidine rings is 1. The summed E-state index contributed by atoms with van der Waals surface area (Å²) >= 11 is 0. The molecule has 3 aliphatic rings. The van der Waals surface area contributed by atoms with Gasteiger partial charge in [0.25, 0.3) is 0 Å². The van der Waals surface area contributed by atoms with Gasteiger partial charge in [-0.15, -0.1) is 0 Å². The van der Waals surface area contributed by atoms with Gasteiger partial charge < -0.3 is 19.7 Å². The SMILES string of the molecule is O=C(NCCC1CC2CCC(C1)N2C(=O)OCC1c2ccccc2-c2ccccc21)OCc1ccccc1. The number of fused-ring (bicyclic) bond motifs is 5. The Morgan fingerprint density at radius 2 is 1.39 bits per heavy atom. The van der Waals surface area contributed by atoms with Gasteiger partial charge in [0, 0.05) is 24.5 Å². The molecule has 2 bridgehead atoms. The first-order valence-corrected chi connectivity index (χ1v) is 13.7. The van der Waals surface area contributed by atoms with Gasteiger partial charge in [0.1, 0.15) is 13.2 Å². The standard InChI is InChI=1S/C32H34N2O4/c35-31(37-20-22-8-2-1-3-9-22)33-17-16-23-18-24-14-15-25(19-23)34(24)32(36)38-21-30-28-12-6-4-10-26(28)27-11-5-7-13-29(27)30/h1-13,23-25,30H,14-21H2,(H,33,35). The molecule has 2 heterocycles. The van der Waals surface area contributed by atoms with Crippen molar-refractivity contribution in [1.82, 2.24) is 10.2 Å². The Labute approximate surface area is 223 Å². The van der Waals surface area contributed by atoms with Crippen LogP contribution in [0.15, 0.2) is 78.9 Å². The molecule has 196 valence electrons. The molecule has 6 rings (SSSR count). The largest absolute Gasteiger partial charge is 0.448 e. The van der Waals surface area contributed by atoms with E-state index >= 15 is 0 Å². The van der Waals surface area contributed by atoms with Crippen LogP contribution >= 0.6 is 0 Å². The smallest absolute Gasteiger partial charge is 0.410 e. The fraction of sp³-hybridized carbons (Fsp3) is 0.375. The van der Waals surface area contributed by atoms with Crippen molar-refractivity contribution in [2.75, 3.05) is 13.2 Å². The van der Waals surface area contributed by atoms with E-state index in [1.54, 1.807) is 0 Å². The molecule has 0 spiro atoms. The van der Waals surface area contributed by atoms with Crippen molar-refractivity contribution in [1.29, 1.82) is 0 Å². The summed E-state index contributed by atoms with van der Waals surface area (Å²) in [6.07, 6.45) is 4.30. The van der Waals surface area contributed by atoms with Crippen molar-refractivity contribution in [3.8, 4) is 11.1 Å². The van der Waals surface area contributed by atoms with Crippen LogP contribution < -0.4 is 5.32 Å². The zero-order chi connectivity index (χ0) is 25.9. The maximum atomic E-state index is 13.3. The van der Waals surface area contributed by atoms with E-state index in [4.69, 9.17) is 9.47 Å². The van der Waals surface area contributed by atoms with Crippen LogP contribution in [0.25, 0.3) is 11.1 Å². The average Bonchev–Trinajstić information content (AvgIpc) is 3.42. The highest BCUT2D eigenvalue weighted by molar-refractivity contribution is 5.79. The Hall–Kier alpha value is -3.80. The van der Waals surface area contributed by atoms with Gasteiger partial charge in [0.15, 0.2) is 0 Å². The van der Waals surface area contributed by atoms with Gasteiger partial charge in [0.05, 0.1) is 0 Å². The number of hydrogen-bond donors (Lipinski definition) is 1. The van der Waals surface area contributed by atoms with Crippen LogP contribution in [0, 0.1) is 5.92 Å². The number of nitrogens with zero attached hydrogens (tertiary/aromatic N) is 1. The van der Waals surface area contributed by atoms with Crippen LogP contribution in [-0.4, -0.2) is 42.3 Å². The molecule has 3 aromatic carbocycles. The molecule has 3 aromatic rings. The van der Waals surface area contributed by atoms with Crippen molar-refractivity contribution in [2.45, 2.75) is 56.7 Å². The van der Waals surface area contributed by atoms with Crippen LogP contribution in [0.2, 0.25) is 0 Å². The second kappa shape index (κ2) is 10.9. The normalized spacial score (nSPS) is 21.5. The van der Waals surface area contributed by atoms with Crippen LogP contribution in [0.5, 0.6) is 0 Å². The van der Waals surface area contributed by atoms with E-state index in [2.05, 4.69) is 53.8 Å². The van der Waals surface area contributed by atoms with Gasteiger partial charge in [-0.1, -0.05) is 78.9 Å². The van der Waals surface area contributed by atoms with Crippen molar-refractivity contribution < 1.29 is 19.1 Å². The first-order chi connectivity index (χ1) is 18.7. The number of rotatable bonds is 7. The third-order valence-corrected chi connectivity index (χ3v) is 8.41. The first kappa shape index (κ1) is 24.5. The summed E-state index contributed by atoms with van der Waals surface area (Å²) in [6.45, 7) is 1.22. The second-order valence-electron chi connectivity index (χ2n) is 10.7. The quantitative estimate of drug-likeness (QED) is 0.394. The van der Waals surface area contributed by atoms with E-state index in [1.807, 2.05) is 35.2 Å². The Morgan fingerprint density at radius 3 is 2.05 bits per heavy atom. The number of benzene rings is 3. The number of ether oxygens (including phenoxy) is 2. The Kier molecular flexibility index (Phi) is 7.04. The number of hydrogen-bond acceptors (Lipinski definition) is 4. The zero-order valence-corrected chi connectivity index (χ0v) is 21.6. The highest BCUT2D eigenvalue weighted by Gasteiger charge is 2.44. The summed E-state index contributed by atoms with van der Waals surface area (Å²) in [7, 11) is 0. The lowest BCUT2D eigenvalue weighted by Gasteiger charge is -2.38. The molecule has 38 heavy (non-hydrogen) atoms. The number of amides is 2. The molecule has 2 fully saturated rings. The first-order valence-electron chi connectivity index (χ1n) is 13.7. The molecular formula is C32H34N2O4. The third kappa shape index (κ3) is 5.00. The lowest BCUT2D eigenvalue weighted by Crippen LogP contribution is -2.47. The number of carbonyl (C=O) groups is 2. The molecule has 1 N–H and O–H groups in total. The zero-order valence-electron chi connectivity index (χ0n) is 21.6. The molecule has 0 saturated carbocycles. The molecule has 2 saturated heterocycles. The Morgan fingerprint density at radius 1 is 0.789 bits per heavy atom. The fourth-order valence-electron chi connectivity index (χ4n) is 6.64. The molecule has 2 amide bonds. The summed E-state index contributed by atoms with van der Waals surface area (Å²) in [5, 5.41) is 2.89. The minimum absolute atomic E-state index is 0.0780. The molecule has 2 atom stereocenters. The Balaban J connectivity index is 0.983. The molecule has 1 aliphatic carbocycles. The van der Waals surface area contributed by atoms with Gasteiger partial charge in [-0.25, -0.2) is 9.59 Å². The summed E-state index contributed by atoms with van der Waals surface area (Å²) in [4.78, 5) is 27.3. The maximum Gasteiger partial charge on any atom is 0.410 e. The number of carbonyl (C=O) groups excluding carboxylic acids is 2. The molecule has 6 nitrogen and oxygen atoms in total. The summed E-state index contributed by atoms with van der Waals surface area (Å²) in [5.41, 5.74) is 5.92. The van der Waals surface area contributed by atoms with Crippen LogP contribution in [0.3, 0.4) is 0 Å². The van der Waals surface area contributed by atoms with Gasteiger partial charge in [0.2, 0.25) is 0 Å². The minimum atomic E-state index is -0.382. The predicted molar refractivity (Wildman–Crippen MR) is 146 cm³/mol. The van der Waals surface area contributed by atoms with E-state index in [-0.39, 0.29) is 36.8 Å². The predicted octanol–water partition coefficient (Wildman–Crippen LogP) is 6.50. The summed E-state index contributed by atoms with van der Waals surface area (Å²) < 4.78 is 11.3. The lowest BCUT2D eigenvalue weighted by atomic mass is 9.88. The highest BCUT2D eigenvalue weighted by Crippen LogP contribution is 2.45. The Bertz CT molecular complexity index is 1230. The molecule has 0 aromatic heterocycles. The second-order valence-corrected chi connectivity index (χ2v) is 10.7. The van der Waals surface area contributed by atoms with Crippen LogP contribution in [0.1, 0.15) is 54.7 Å². The van der Waals surface area contributed by atoms with Crippen LogP contribution in [0.4, 0.5) is 9.59 Å². The molecule has 6 heteroatoms. The maximum absolute atomic E-state index is 13.3. The topological polar surface area (TPSA) is 67.9 Å². The van der Waals surface area contributed by atoms with Gasteiger partial charge in [-0.2, -0.15) is 0 Å². The van der Waals surface area contributed by atoms with Crippen molar-refractivity contribution in [3.05, 3.63) is 95.6 Å². The molecule has 0 radical (unpaired) electrons. The highest BCUT2D eigenvalue weighted by atomic mass is 16.6. The van der Waals surface area contributed by atoms with Crippen LogP contribution in [-0.2, 0) is 16.1 Å².